The van der Waals surface area contributed by atoms with Gasteiger partial charge in [-0.2, -0.15) is 13.2 Å². The van der Waals surface area contributed by atoms with E-state index in [9.17, 15) is 18.0 Å². The number of halogens is 5. The Bertz CT molecular complexity index is 832. The Balaban J connectivity index is 1.60. The molecule has 0 unspecified atom stereocenters. The van der Waals surface area contributed by atoms with Crippen LogP contribution >= 0.6 is 23.2 Å². The molecule has 1 aliphatic heterocycles. The number of hydrogen-bond acceptors (Lipinski definition) is 2. The summed E-state index contributed by atoms with van der Waals surface area (Å²) in [5.41, 5.74) is 1.95. The number of rotatable bonds is 4. The van der Waals surface area contributed by atoms with E-state index in [0.717, 1.165) is 11.3 Å². The number of anilines is 1. The van der Waals surface area contributed by atoms with Crippen LogP contribution < -0.4 is 10.2 Å². The van der Waals surface area contributed by atoms with E-state index in [4.69, 9.17) is 23.2 Å². The van der Waals surface area contributed by atoms with Crippen LogP contribution in [0.15, 0.2) is 42.5 Å². The SMILES string of the molecule is O=C(NCc1ccc(Cl)cc1)c1ccc(N2CCC(C(F)(F)F)CC2)cc1Cl. The maximum Gasteiger partial charge on any atom is 0.391 e. The largest absolute Gasteiger partial charge is 0.391 e. The predicted molar refractivity (Wildman–Crippen MR) is 105 cm³/mol. The van der Waals surface area contributed by atoms with Gasteiger partial charge in [-0.05, 0) is 48.7 Å². The lowest BCUT2D eigenvalue weighted by atomic mass is 9.96. The second kappa shape index (κ2) is 8.62. The van der Waals surface area contributed by atoms with Gasteiger partial charge in [0.1, 0.15) is 0 Å². The molecule has 28 heavy (non-hydrogen) atoms. The molecule has 0 spiro atoms. The van der Waals surface area contributed by atoms with Gasteiger partial charge >= 0.3 is 6.18 Å². The van der Waals surface area contributed by atoms with Gasteiger partial charge in [-0.15, -0.1) is 0 Å². The van der Waals surface area contributed by atoms with Crippen LogP contribution in [0.3, 0.4) is 0 Å². The van der Waals surface area contributed by atoms with E-state index in [1.165, 1.54) is 0 Å². The first kappa shape index (κ1) is 20.8. The molecule has 2 aromatic rings. The number of carbonyl (C=O) groups is 1. The van der Waals surface area contributed by atoms with E-state index in [1.54, 1.807) is 30.3 Å². The number of hydrogen-bond donors (Lipinski definition) is 1. The smallest absolute Gasteiger partial charge is 0.371 e. The van der Waals surface area contributed by atoms with Crippen LogP contribution in [0.25, 0.3) is 0 Å². The molecule has 1 N–H and O–H groups in total. The van der Waals surface area contributed by atoms with Crippen molar-refractivity contribution in [2.45, 2.75) is 25.6 Å². The number of benzene rings is 2. The summed E-state index contributed by atoms with van der Waals surface area (Å²) in [5.74, 6) is -1.57. The van der Waals surface area contributed by atoms with Gasteiger partial charge in [-0.3, -0.25) is 4.79 Å². The molecule has 1 aliphatic rings. The van der Waals surface area contributed by atoms with Crippen LogP contribution in [0.2, 0.25) is 10.0 Å². The summed E-state index contributed by atoms with van der Waals surface area (Å²) in [6.07, 6.45) is -4.02. The third kappa shape index (κ3) is 5.11. The number of carbonyl (C=O) groups excluding carboxylic acids is 1. The van der Waals surface area contributed by atoms with E-state index in [-0.39, 0.29) is 23.8 Å². The highest BCUT2D eigenvalue weighted by Gasteiger charge is 2.41. The van der Waals surface area contributed by atoms with E-state index in [1.807, 2.05) is 17.0 Å². The third-order valence-electron chi connectivity index (χ3n) is 4.89. The Hall–Kier alpha value is -1.92. The fourth-order valence-electron chi connectivity index (χ4n) is 3.23. The normalized spacial score (nSPS) is 15.5. The van der Waals surface area contributed by atoms with Crippen molar-refractivity contribution in [3.8, 4) is 0 Å². The van der Waals surface area contributed by atoms with Crippen molar-refractivity contribution >= 4 is 34.8 Å². The van der Waals surface area contributed by atoms with Crippen LogP contribution in [0.5, 0.6) is 0 Å². The van der Waals surface area contributed by atoms with E-state index in [0.29, 0.717) is 30.2 Å². The summed E-state index contributed by atoms with van der Waals surface area (Å²) in [5, 5.41) is 3.68. The summed E-state index contributed by atoms with van der Waals surface area (Å²) in [4.78, 5) is 14.3. The molecular weight excluding hydrogens is 412 g/mol. The molecule has 1 amide bonds. The van der Waals surface area contributed by atoms with Crippen LogP contribution in [-0.2, 0) is 6.54 Å². The number of alkyl halides is 3. The number of nitrogens with zero attached hydrogens (tertiary/aromatic N) is 1. The minimum Gasteiger partial charge on any atom is -0.371 e. The average molecular weight is 431 g/mol. The molecule has 0 aliphatic carbocycles. The maximum absolute atomic E-state index is 12.8. The molecule has 0 bridgehead atoms. The van der Waals surface area contributed by atoms with Crippen molar-refractivity contribution in [2.24, 2.45) is 5.92 Å². The zero-order valence-corrected chi connectivity index (χ0v) is 16.4. The van der Waals surface area contributed by atoms with Crippen molar-refractivity contribution in [3.05, 3.63) is 63.6 Å². The molecule has 0 saturated carbocycles. The Morgan fingerprint density at radius 2 is 1.71 bits per heavy atom. The quantitative estimate of drug-likeness (QED) is 0.674. The maximum atomic E-state index is 12.8. The van der Waals surface area contributed by atoms with E-state index in [2.05, 4.69) is 5.32 Å². The second-order valence-electron chi connectivity index (χ2n) is 6.78. The van der Waals surface area contributed by atoms with Crippen molar-refractivity contribution in [1.82, 2.24) is 5.32 Å². The van der Waals surface area contributed by atoms with Gasteiger partial charge in [0.15, 0.2) is 0 Å². The summed E-state index contributed by atoms with van der Waals surface area (Å²) < 4.78 is 38.4. The highest BCUT2D eigenvalue weighted by atomic mass is 35.5. The molecule has 8 heteroatoms. The lowest BCUT2D eigenvalue weighted by Gasteiger charge is -2.34. The molecule has 0 radical (unpaired) electrons. The van der Waals surface area contributed by atoms with Crippen LogP contribution in [0.4, 0.5) is 18.9 Å². The fraction of sp³-hybridized carbons (Fsp3) is 0.350. The Morgan fingerprint density at radius 1 is 1.07 bits per heavy atom. The van der Waals surface area contributed by atoms with Crippen molar-refractivity contribution in [2.75, 3.05) is 18.0 Å². The molecular formula is C20H19Cl2F3N2O. The summed E-state index contributed by atoms with van der Waals surface area (Å²) in [6, 6.07) is 12.1. The third-order valence-corrected chi connectivity index (χ3v) is 5.45. The fourth-order valence-corrected chi connectivity index (χ4v) is 3.62. The number of nitrogens with one attached hydrogen (secondary N) is 1. The Kier molecular flexibility index (Phi) is 6.40. The summed E-state index contributed by atoms with van der Waals surface area (Å²) >= 11 is 12.1. The minimum atomic E-state index is -4.14. The lowest BCUT2D eigenvalue weighted by molar-refractivity contribution is -0.179. The topological polar surface area (TPSA) is 32.3 Å². The monoisotopic (exact) mass is 430 g/mol. The van der Waals surface area contributed by atoms with Gasteiger partial charge in [0.2, 0.25) is 0 Å². The highest BCUT2D eigenvalue weighted by Crippen LogP contribution is 2.36. The highest BCUT2D eigenvalue weighted by molar-refractivity contribution is 6.34. The minimum absolute atomic E-state index is 0.0600. The van der Waals surface area contributed by atoms with Gasteiger partial charge in [0.25, 0.3) is 5.91 Å². The van der Waals surface area contributed by atoms with E-state index < -0.39 is 12.1 Å². The predicted octanol–water partition coefficient (Wildman–Crippen LogP) is 5.70. The molecule has 1 heterocycles. The van der Waals surface area contributed by atoms with Crippen molar-refractivity contribution in [1.29, 1.82) is 0 Å². The number of amides is 1. The zero-order valence-electron chi connectivity index (χ0n) is 14.9. The number of piperidine rings is 1. The Morgan fingerprint density at radius 3 is 2.29 bits per heavy atom. The Labute approximate surface area is 171 Å². The first-order valence-electron chi connectivity index (χ1n) is 8.88. The molecule has 150 valence electrons. The van der Waals surface area contributed by atoms with Gasteiger partial charge in [0.05, 0.1) is 16.5 Å². The first-order valence-corrected chi connectivity index (χ1v) is 9.63. The lowest BCUT2D eigenvalue weighted by Crippen LogP contribution is -2.39. The second-order valence-corrected chi connectivity index (χ2v) is 7.62. The summed E-state index contributed by atoms with van der Waals surface area (Å²) in [7, 11) is 0. The van der Waals surface area contributed by atoms with Gasteiger partial charge < -0.3 is 10.2 Å². The van der Waals surface area contributed by atoms with Crippen LogP contribution in [0.1, 0.15) is 28.8 Å². The standard InChI is InChI=1S/C20H19Cl2F3N2O/c21-15-3-1-13(2-4-15)12-26-19(28)17-6-5-16(11-18(17)22)27-9-7-14(8-10-27)20(23,24)25/h1-6,11,14H,7-10,12H2,(H,26,28). The van der Waals surface area contributed by atoms with Gasteiger partial charge in [0, 0.05) is 30.3 Å². The molecule has 3 nitrogen and oxygen atoms in total. The molecule has 1 fully saturated rings. The zero-order chi connectivity index (χ0) is 20.3. The van der Waals surface area contributed by atoms with Crippen molar-refractivity contribution < 1.29 is 18.0 Å². The molecule has 0 aromatic heterocycles. The summed E-state index contributed by atoms with van der Waals surface area (Å²) in [6.45, 7) is 0.949. The molecule has 2 aromatic carbocycles. The molecule has 1 saturated heterocycles. The van der Waals surface area contributed by atoms with E-state index >= 15 is 0 Å². The van der Waals surface area contributed by atoms with Crippen LogP contribution in [-0.4, -0.2) is 25.2 Å². The first-order chi connectivity index (χ1) is 13.2. The molecule has 3 rings (SSSR count). The van der Waals surface area contributed by atoms with Crippen molar-refractivity contribution in [3.63, 3.8) is 0 Å². The molecule has 0 atom stereocenters. The van der Waals surface area contributed by atoms with Crippen LogP contribution in [0, 0.1) is 5.92 Å². The van der Waals surface area contributed by atoms with Gasteiger partial charge in [-0.1, -0.05) is 35.3 Å². The average Bonchev–Trinajstić information content (AvgIpc) is 2.66. The van der Waals surface area contributed by atoms with Gasteiger partial charge in [-0.25, -0.2) is 0 Å².